The molecule has 2 aromatic carbocycles. The lowest BCUT2D eigenvalue weighted by molar-refractivity contribution is -0.250. The van der Waals surface area contributed by atoms with Crippen LogP contribution in [0.25, 0.3) is 0 Å². The summed E-state index contributed by atoms with van der Waals surface area (Å²) in [6, 6.07) is 5.94. The van der Waals surface area contributed by atoms with E-state index in [1.165, 1.54) is 18.2 Å². The van der Waals surface area contributed by atoms with E-state index in [0.29, 0.717) is 18.4 Å². The van der Waals surface area contributed by atoms with Gasteiger partial charge in [-0.3, -0.25) is 0 Å². The number of unbranched alkanes of at least 4 members (excludes halogenated alkanes) is 2. The summed E-state index contributed by atoms with van der Waals surface area (Å²) >= 11 is 0. The zero-order valence-corrected chi connectivity index (χ0v) is 20.9. The molecule has 4 rings (SSSR count). The number of ether oxygens (including phenoxy) is 1. The van der Waals surface area contributed by atoms with Crippen molar-refractivity contribution in [2.24, 2.45) is 5.92 Å². The lowest BCUT2D eigenvalue weighted by Gasteiger charge is -2.43. The normalized spacial score (nSPS) is 21.2. The Labute approximate surface area is 216 Å². The first-order valence-corrected chi connectivity index (χ1v) is 12.6. The van der Waals surface area contributed by atoms with Crippen LogP contribution in [0.5, 0.6) is 5.75 Å². The van der Waals surface area contributed by atoms with Gasteiger partial charge >= 0.3 is 17.8 Å². The summed E-state index contributed by atoms with van der Waals surface area (Å²) < 4.78 is 110. The number of esters is 1. The summed E-state index contributed by atoms with van der Waals surface area (Å²) in [5, 5.41) is 0. The summed E-state index contributed by atoms with van der Waals surface area (Å²) in [4.78, 5) is 12.7. The molecule has 2 unspecified atom stereocenters. The Balaban J connectivity index is 1.66. The number of fused-ring (bicyclic) bond motifs is 3. The molecular weight excluding hydrogens is 513 g/mol. The molecule has 2 aliphatic carbocycles. The average molecular weight is 541 g/mol. The Morgan fingerprint density at radius 2 is 1.63 bits per heavy atom. The number of carbonyl (C=O) groups is 1. The number of hydrogen-bond acceptors (Lipinski definition) is 2. The van der Waals surface area contributed by atoms with Gasteiger partial charge in [-0.1, -0.05) is 57.4 Å². The van der Waals surface area contributed by atoms with Crippen molar-refractivity contribution >= 4 is 5.97 Å². The third-order valence-corrected chi connectivity index (χ3v) is 7.12. The number of carbonyl (C=O) groups excluding carboxylic acids is 1. The maximum atomic E-state index is 15.4. The second-order valence-corrected chi connectivity index (χ2v) is 9.67. The number of benzene rings is 2. The van der Waals surface area contributed by atoms with Crippen LogP contribution in [0, 0.1) is 17.6 Å². The number of halogens is 7. The summed E-state index contributed by atoms with van der Waals surface area (Å²) in [5.41, 5.74) is -2.65. The fraction of sp³-hybridized carbons (Fsp3) is 0.414. The van der Waals surface area contributed by atoms with Crippen molar-refractivity contribution in [1.29, 1.82) is 0 Å². The number of alkyl halides is 4. The van der Waals surface area contributed by atoms with Crippen molar-refractivity contribution in [3.8, 4) is 5.75 Å². The highest BCUT2D eigenvalue weighted by atomic mass is 19.3. The fourth-order valence-corrected chi connectivity index (χ4v) is 5.13. The average Bonchev–Trinajstić information content (AvgIpc) is 2.85. The summed E-state index contributed by atoms with van der Waals surface area (Å²) in [6.45, 7) is 3.68. The molecule has 0 bridgehead atoms. The molecule has 38 heavy (non-hydrogen) atoms. The van der Waals surface area contributed by atoms with E-state index < -0.39 is 63.8 Å². The van der Waals surface area contributed by atoms with Crippen LogP contribution in [0.2, 0.25) is 0 Å². The first-order chi connectivity index (χ1) is 17.9. The molecule has 0 saturated carbocycles. The van der Waals surface area contributed by atoms with Gasteiger partial charge in [-0.2, -0.15) is 17.6 Å². The Kier molecular flexibility index (Phi) is 7.77. The van der Waals surface area contributed by atoms with Gasteiger partial charge in [0, 0.05) is 12.0 Å². The maximum absolute atomic E-state index is 15.4. The zero-order chi connectivity index (χ0) is 27.8. The molecule has 0 amide bonds. The summed E-state index contributed by atoms with van der Waals surface area (Å²) in [6.07, 6.45) is 5.36. The van der Waals surface area contributed by atoms with Crippen LogP contribution in [0.15, 0.2) is 53.9 Å². The third-order valence-electron chi connectivity index (χ3n) is 7.12. The van der Waals surface area contributed by atoms with E-state index in [1.807, 2.05) is 6.92 Å². The highest BCUT2D eigenvalue weighted by molar-refractivity contribution is 5.94. The Morgan fingerprint density at radius 3 is 2.29 bits per heavy atom. The molecule has 9 heteroatoms. The minimum absolute atomic E-state index is 0.0647. The highest BCUT2D eigenvalue weighted by Gasteiger charge is 2.70. The zero-order valence-electron chi connectivity index (χ0n) is 20.9. The Hall–Kier alpha value is -3.10. The van der Waals surface area contributed by atoms with E-state index in [-0.39, 0.29) is 17.7 Å². The summed E-state index contributed by atoms with van der Waals surface area (Å²) in [5.74, 6) is -20.1. The molecule has 204 valence electrons. The van der Waals surface area contributed by atoms with Crippen molar-refractivity contribution in [3.05, 3.63) is 87.8 Å². The molecule has 2 nitrogen and oxygen atoms in total. The molecule has 0 heterocycles. The molecule has 2 aromatic rings. The van der Waals surface area contributed by atoms with E-state index >= 15 is 22.0 Å². The number of aryl methyl sites for hydroxylation is 2. The van der Waals surface area contributed by atoms with E-state index in [4.69, 9.17) is 4.74 Å². The van der Waals surface area contributed by atoms with Crippen LogP contribution in [-0.2, 0) is 23.6 Å². The van der Waals surface area contributed by atoms with Crippen LogP contribution in [-0.4, -0.2) is 11.9 Å². The van der Waals surface area contributed by atoms with E-state index in [0.717, 1.165) is 43.5 Å². The minimum atomic E-state index is -5.05. The van der Waals surface area contributed by atoms with Gasteiger partial charge < -0.3 is 4.74 Å². The fourth-order valence-electron chi connectivity index (χ4n) is 5.13. The van der Waals surface area contributed by atoms with Gasteiger partial charge in [-0.25, -0.2) is 18.0 Å². The topological polar surface area (TPSA) is 26.3 Å². The molecule has 0 aliphatic heterocycles. The van der Waals surface area contributed by atoms with E-state index in [1.54, 1.807) is 6.92 Å². The van der Waals surface area contributed by atoms with Crippen LogP contribution >= 0.6 is 0 Å². The smallest absolute Gasteiger partial charge is 0.346 e. The minimum Gasteiger partial charge on any atom is -0.423 e. The largest absolute Gasteiger partial charge is 0.423 e. The van der Waals surface area contributed by atoms with Gasteiger partial charge in [-0.15, -0.1) is 0 Å². The molecular formula is C29H27F7O2. The second-order valence-electron chi connectivity index (χ2n) is 9.67. The quantitative estimate of drug-likeness (QED) is 0.145. The standard InChI is InChI=1S/C29H27F7O2/c1-3-5-6-8-16-9-11-18(15-22(16)30)38-27(37)21-14-13-20-19-12-10-17(7-4-2)25(31)23(19)28(33,34)29(35,36)24(20)26(21)32/h9-15,20,24H,3-8H2,1-2H3. The van der Waals surface area contributed by atoms with Crippen LogP contribution in [0.4, 0.5) is 30.7 Å². The molecule has 0 N–H and O–H groups in total. The second kappa shape index (κ2) is 10.6. The monoisotopic (exact) mass is 540 g/mol. The Bertz CT molecular complexity index is 1300. The highest BCUT2D eigenvalue weighted by Crippen LogP contribution is 2.61. The van der Waals surface area contributed by atoms with Crippen LogP contribution < -0.4 is 4.74 Å². The van der Waals surface area contributed by atoms with Crippen molar-refractivity contribution in [2.75, 3.05) is 0 Å². The van der Waals surface area contributed by atoms with Gasteiger partial charge in [0.2, 0.25) is 0 Å². The van der Waals surface area contributed by atoms with Gasteiger partial charge in [0.25, 0.3) is 0 Å². The summed E-state index contributed by atoms with van der Waals surface area (Å²) in [7, 11) is 0. The predicted molar refractivity (Wildman–Crippen MR) is 128 cm³/mol. The lowest BCUT2D eigenvalue weighted by Crippen LogP contribution is -2.52. The first-order valence-electron chi connectivity index (χ1n) is 12.6. The lowest BCUT2D eigenvalue weighted by atomic mass is 9.67. The van der Waals surface area contributed by atoms with Gasteiger partial charge in [0.15, 0.2) is 0 Å². The molecule has 0 radical (unpaired) electrons. The van der Waals surface area contributed by atoms with Gasteiger partial charge in [0.05, 0.1) is 17.1 Å². The molecule has 0 spiro atoms. The molecule has 0 saturated heterocycles. The predicted octanol–water partition coefficient (Wildman–Crippen LogP) is 8.49. The molecule has 0 aromatic heterocycles. The SMILES string of the molecule is CCCCCc1ccc(OC(=O)C2=C(F)C3C(C=C2)c2ccc(CCC)c(F)c2C(F)(F)C3(F)F)cc1F. The Morgan fingerprint density at radius 1 is 0.921 bits per heavy atom. The van der Waals surface area contributed by atoms with Crippen molar-refractivity contribution in [1.82, 2.24) is 0 Å². The van der Waals surface area contributed by atoms with Gasteiger partial charge in [-0.05, 0) is 48.1 Å². The van der Waals surface area contributed by atoms with Crippen molar-refractivity contribution in [2.45, 2.75) is 70.1 Å². The molecule has 2 atom stereocenters. The van der Waals surface area contributed by atoms with Crippen molar-refractivity contribution < 1.29 is 40.3 Å². The van der Waals surface area contributed by atoms with Crippen molar-refractivity contribution in [3.63, 3.8) is 0 Å². The van der Waals surface area contributed by atoms with Crippen LogP contribution in [0.1, 0.15) is 67.7 Å². The molecule has 2 aliphatic rings. The van der Waals surface area contributed by atoms with Gasteiger partial charge in [0.1, 0.15) is 23.2 Å². The maximum Gasteiger partial charge on any atom is 0.346 e. The number of hydrogen-bond donors (Lipinski definition) is 0. The number of rotatable bonds is 8. The van der Waals surface area contributed by atoms with Crippen LogP contribution in [0.3, 0.4) is 0 Å². The van der Waals surface area contributed by atoms with E-state index in [2.05, 4.69) is 0 Å². The van der Waals surface area contributed by atoms with E-state index in [9.17, 15) is 13.6 Å². The number of allylic oxidation sites excluding steroid dienone is 2. The third kappa shape index (κ3) is 4.64. The molecule has 0 fully saturated rings. The first kappa shape index (κ1) is 27.9.